The van der Waals surface area contributed by atoms with Crippen LogP contribution in [0.4, 0.5) is 0 Å². The molecule has 0 aromatic heterocycles. The molecule has 1 atom stereocenters. The summed E-state index contributed by atoms with van der Waals surface area (Å²) in [4.78, 5) is 22.2. The summed E-state index contributed by atoms with van der Waals surface area (Å²) in [7, 11) is 1.30. The van der Waals surface area contributed by atoms with Crippen molar-refractivity contribution >= 4 is 11.9 Å². The molecule has 0 saturated carbocycles. The van der Waals surface area contributed by atoms with Gasteiger partial charge in [0.15, 0.2) is 0 Å². The van der Waals surface area contributed by atoms with E-state index in [0.29, 0.717) is 5.56 Å². The van der Waals surface area contributed by atoms with Gasteiger partial charge in [0.05, 0.1) is 7.11 Å². The number of hydrogen-bond acceptors (Lipinski definition) is 3. The van der Waals surface area contributed by atoms with Crippen molar-refractivity contribution in [2.75, 3.05) is 7.11 Å². The first kappa shape index (κ1) is 12.2. The monoisotopic (exact) mass is 218 g/mol. The van der Waals surface area contributed by atoms with Gasteiger partial charge in [-0.15, -0.1) is 0 Å². The fourth-order valence-corrected chi connectivity index (χ4v) is 1.49. The fourth-order valence-electron chi connectivity index (χ4n) is 1.49. The van der Waals surface area contributed by atoms with Crippen molar-refractivity contribution in [2.24, 2.45) is 0 Å². The van der Waals surface area contributed by atoms with Crippen molar-refractivity contribution in [2.45, 2.75) is 19.3 Å². The Balaban J connectivity index is 3.26. The first-order chi connectivity index (χ1) is 7.54. The van der Waals surface area contributed by atoms with Gasteiger partial charge in [0.1, 0.15) is 11.4 Å². The molecule has 0 spiro atoms. The highest BCUT2D eigenvalue weighted by atomic mass is 16.5. The number of aryl methyl sites for hydroxylation is 1. The Labute approximate surface area is 94.7 Å². The summed E-state index contributed by atoms with van der Waals surface area (Å²) in [5, 5.41) is 0. The van der Waals surface area contributed by atoms with E-state index < -0.39 is 11.4 Å². The molecule has 1 aromatic carbocycles. The van der Waals surface area contributed by atoms with Crippen LogP contribution in [-0.2, 0) is 19.7 Å². The Kier molecular flexibility index (Phi) is 3.64. The molecular formula is C13H14O3. The van der Waals surface area contributed by atoms with Gasteiger partial charge >= 0.3 is 5.97 Å². The molecule has 0 fully saturated rings. The average molecular weight is 218 g/mol. The van der Waals surface area contributed by atoms with E-state index in [-0.39, 0.29) is 0 Å². The molecule has 16 heavy (non-hydrogen) atoms. The van der Waals surface area contributed by atoms with E-state index in [1.807, 2.05) is 19.1 Å². The van der Waals surface area contributed by atoms with Crippen molar-refractivity contribution < 1.29 is 14.3 Å². The van der Waals surface area contributed by atoms with Crippen LogP contribution in [0.1, 0.15) is 18.1 Å². The minimum Gasteiger partial charge on any atom is -0.468 e. The molecule has 0 radical (unpaired) electrons. The molecule has 84 valence electrons. The lowest BCUT2D eigenvalue weighted by atomic mass is 9.82. The summed E-state index contributed by atoms with van der Waals surface area (Å²) in [5.41, 5.74) is 0.740. The number of benzene rings is 1. The lowest BCUT2D eigenvalue weighted by Crippen LogP contribution is -2.31. The second kappa shape index (κ2) is 4.77. The number of methoxy groups -OCH3 is 1. The van der Waals surface area contributed by atoms with E-state index in [1.165, 1.54) is 13.2 Å². The van der Waals surface area contributed by atoms with Crippen LogP contribution in [0.5, 0.6) is 0 Å². The van der Waals surface area contributed by atoms with Gasteiger partial charge in [0, 0.05) is 6.08 Å². The second-order valence-electron chi connectivity index (χ2n) is 3.82. The third-order valence-electron chi connectivity index (χ3n) is 2.61. The molecule has 1 aromatic rings. The standard InChI is InChI=1S/C13H14O3/c1-10-4-6-11(7-5-10)13(2,8-9-14)12(15)16-3/h4-8H,1-3H3. The number of carbonyl (C=O) groups excluding carboxylic acids is 2. The van der Waals surface area contributed by atoms with Crippen LogP contribution in [0.15, 0.2) is 30.3 Å². The highest BCUT2D eigenvalue weighted by Gasteiger charge is 2.34. The molecule has 3 heteroatoms. The van der Waals surface area contributed by atoms with Crippen LogP contribution in [-0.4, -0.2) is 19.0 Å². The summed E-state index contributed by atoms with van der Waals surface area (Å²) in [5.74, 6) is 1.19. The van der Waals surface area contributed by atoms with Crippen molar-refractivity contribution in [3.05, 3.63) is 41.5 Å². The first-order valence-corrected chi connectivity index (χ1v) is 4.92. The average Bonchev–Trinajstić information content (AvgIpc) is 2.29. The third-order valence-corrected chi connectivity index (χ3v) is 2.61. The van der Waals surface area contributed by atoms with Gasteiger partial charge in [0.25, 0.3) is 0 Å². The summed E-state index contributed by atoms with van der Waals surface area (Å²) >= 11 is 0. The molecule has 0 amide bonds. The van der Waals surface area contributed by atoms with Crippen LogP contribution in [0.25, 0.3) is 0 Å². The van der Waals surface area contributed by atoms with Gasteiger partial charge < -0.3 is 4.74 Å². The first-order valence-electron chi connectivity index (χ1n) is 4.92. The predicted octanol–water partition coefficient (Wildman–Crippen LogP) is 1.81. The minimum atomic E-state index is -1.07. The van der Waals surface area contributed by atoms with E-state index >= 15 is 0 Å². The Morgan fingerprint density at radius 2 is 1.94 bits per heavy atom. The zero-order chi connectivity index (χ0) is 12.2. The number of hydrogen-bond donors (Lipinski definition) is 0. The number of rotatable bonds is 3. The van der Waals surface area contributed by atoms with E-state index in [0.717, 1.165) is 5.56 Å². The molecule has 0 saturated heterocycles. The van der Waals surface area contributed by atoms with Gasteiger partial charge in [-0.25, -0.2) is 4.79 Å². The number of ether oxygens (including phenoxy) is 1. The van der Waals surface area contributed by atoms with Crippen molar-refractivity contribution in [3.63, 3.8) is 0 Å². The SMILES string of the molecule is COC(=O)C(C)(C=C=O)c1ccc(C)cc1. The Morgan fingerprint density at radius 3 is 2.38 bits per heavy atom. The van der Waals surface area contributed by atoms with Crippen LogP contribution in [0.2, 0.25) is 0 Å². The topological polar surface area (TPSA) is 43.4 Å². The highest BCUT2D eigenvalue weighted by molar-refractivity contribution is 5.87. The lowest BCUT2D eigenvalue weighted by molar-refractivity contribution is -0.144. The van der Waals surface area contributed by atoms with Gasteiger partial charge in [0.2, 0.25) is 0 Å². The molecule has 0 heterocycles. The molecule has 0 aliphatic heterocycles. The Bertz CT molecular complexity index is 427. The third kappa shape index (κ3) is 2.20. The molecule has 0 bridgehead atoms. The molecule has 0 N–H and O–H groups in total. The van der Waals surface area contributed by atoms with Crippen molar-refractivity contribution in [1.29, 1.82) is 0 Å². The van der Waals surface area contributed by atoms with Gasteiger partial charge in [-0.2, -0.15) is 0 Å². The molecule has 0 aliphatic rings. The van der Waals surface area contributed by atoms with Gasteiger partial charge in [-0.1, -0.05) is 29.8 Å². The van der Waals surface area contributed by atoms with Crippen LogP contribution in [0, 0.1) is 6.92 Å². The summed E-state index contributed by atoms with van der Waals surface area (Å²) in [6, 6.07) is 7.38. The maximum atomic E-state index is 11.7. The largest absolute Gasteiger partial charge is 0.468 e. The van der Waals surface area contributed by atoms with Crippen molar-refractivity contribution in [1.82, 2.24) is 0 Å². The van der Waals surface area contributed by atoms with E-state index in [9.17, 15) is 9.59 Å². The molecule has 3 nitrogen and oxygen atoms in total. The number of esters is 1. The number of carbonyl (C=O) groups is 1. The van der Waals surface area contributed by atoms with E-state index in [2.05, 4.69) is 0 Å². The van der Waals surface area contributed by atoms with Gasteiger partial charge in [-0.05, 0) is 19.4 Å². The lowest BCUT2D eigenvalue weighted by Gasteiger charge is -2.22. The normalized spacial score (nSPS) is 13.4. The van der Waals surface area contributed by atoms with Crippen LogP contribution < -0.4 is 0 Å². The molecule has 1 unspecified atom stereocenters. The van der Waals surface area contributed by atoms with Crippen molar-refractivity contribution in [3.8, 4) is 0 Å². The maximum Gasteiger partial charge on any atom is 0.320 e. The molecular weight excluding hydrogens is 204 g/mol. The quantitative estimate of drug-likeness (QED) is 0.574. The van der Waals surface area contributed by atoms with E-state index in [4.69, 9.17) is 4.74 Å². The molecule has 1 rings (SSSR count). The fraction of sp³-hybridized carbons (Fsp3) is 0.308. The maximum absolute atomic E-state index is 11.7. The zero-order valence-corrected chi connectivity index (χ0v) is 9.61. The zero-order valence-electron chi connectivity index (χ0n) is 9.61. The summed E-state index contributed by atoms with van der Waals surface area (Å²) in [6.45, 7) is 3.59. The smallest absolute Gasteiger partial charge is 0.320 e. The predicted molar refractivity (Wildman–Crippen MR) is 60.8 cm³/mol. The Morgan fingerprint density at radius 1 is 1.38 bits per heavy atom. The van der Waals surface area contributed by atoms with Crippen LogP contribution in [0.3, 0.4) is 0 Å². The highest BCUT2D eigenvalue weighted by Crippen LogP contribution is 2.26. The second-order valence-corrected chi connectivity index (χ2v) is 3.82. The summed E-state index contributed by atoms with van der Waals surface area (Å²) < 4.78 is 4.70. The minimum absolute atomic E-state index is 0.472. The van der Waals surface area contributed by atoms with Crippen LogP contribution >= 0.6 is 0 Å². The Hall–Kier alpha value is -1.86. The molecule has 0 aliphatic carbocycles. The van der Waals surface area contributed by atoms with E-state index in [1.54, 1.807) is 25.0 Å². The summed E-state index contributed by atoms with van der Waals surface area (Å²) in [6.07, 6.45) is 1.18. The van der Waals surface area contributed by atoms with Gasteiger partial charge in [-0.3, -0.25) is 4.79 Å².